The molecule has 2 N–H and O–H groups in total. The molecular weight excluding hydrogens is 266 g/mol. The number of nitrogens with zero attached hydrogens (tertiary/aromatic N) is 1. The van der Waals surface area contributed by atoms with Gasteiger partial charge in [-0.3, -0.25) is 14.5 Å². The first-order valence-electron chi connectivity index (χ1n) is 7.43. The molecule has 2 rings (SSSR count). The maximum absolute atomic E-state index is 12.1. The molecule has 1 heterocycles. The van der Waals surface area contributed by atoms with E-state index < -0.39 is 0 Å². The van der Waals surface area contributed by atoms with Crippen LogP contribution in [0.15, 0.2) is 30.3 Å². The molecule has 1 saturated heterocycles. The van der Waals surface area contributed by atoms with Crippen molar-refractivity contribution in [3.05, 3.63) is 35.9 Å². The molecule has 0 aliphatic carbocycles. The van der Waals surface area contributed by atoms with Crippen molar-refractivity contribution in [2.75, 3.05) is 26.7 Å². The van der Waals surface area contributed by atoms with Crippen LogP contribution in [0.25, 0.3) is 0 Å². The summed E-state index contributed by atoms with van der Waals surface area (Å²) in [6.45, 7) is 2.61. The van der Waals surface area contributed by atoms with Crippen LogP contribution >= 0.6 is 0 Å². The van der Waals surface area contributed by atoms with Crippen LogP contribution in [0, 0.1) is 5.92 Å². The summed E-state index contributed by atoms with van der Waals surface area (Å²) in [4.78, 5) is 25.6. The minimum Gasteiger partial charge on any atom is -0.358 e. The number of likely N-dealkylation sites (tertiary alicyclic amines) is 1. The van der Waals surface area contributed by atoms with Crippen LogP contribution < -0.4 is 10.6 Å². The molecular formula is C16H23N3O2. The Balaban J connectivity index is 1.72. The van der Waals surface area contributed by atoms with Gasteiger partial charge in [-0.2, -0.15) is 0 Å². The fourth-order valence-corrected chi connectivity index (χ4v) is 2.56. The maximum Gasteiger partial charge on any atom is 0.233 e. The number of benzene rings is 1. The molecule has 1 fully saturated rings. The fourth-order valence-electron chi connectivity index (χ4n) is 2.56. The Kier molecular flexibility index (Phi) is 5.75. The highest BCUT2D eigenvalue weighted by Gasteiger charge is 2.25. The van der Waals surface area contributed by atoms with Crippen molar-refractivity contribution < 1.29 is 9.59 Å². The van der Waals surface area contributed by atoms with E-state index in [0.29, 0.717) is 13.1 Å². The predicted octanol–water partition coefficient (Wildman–Crippen LogP) is 0.761. The molecule has 1 aliphatic rings. The molecule has 0 bridgehead atoms. The lowest BCUT2D eigenvalue weighted by Gasteiger charge is -2.30. The second-order valence-electron chi connectivity index (χ2n) is 5.43. The Labute approximate surface area is 125 Å². The van der Waals surface area contributed by atoms with Crippen LogP contribution in [0.5, 0.6) is 0 Å². The molecule has 1 aliphatic heterocycles. The summed E-state index contributed by atoms with van der Waals surface area (Å²) in [7, 11) is 1.64. The number of rotatable bonds is 5. The predicted molar refractivity (Wildman–Crippen MR) is 81.5 cm³/mol. The highest BCUT2D eigenvalue weighted by molar-refractivity contribution is 5.79. The van der Waals surface area contributed by atoms with Gasteiger partial charge in [0.1, 0.15) is 0 Å². The van der Waals surface area contributed by atoms with E-state index in [-0.39, 0.29) is 17.7 Å². The van der Waals surface area contributed by atoms with E-state index in [1.165, 1.54) is 0 Å². The highest BCUT2D eigenvalue weighted by Crippen LogP contribution is 2.17. The fraction of sp³-hybridized carbons (Fsp3) is 0.500. The third kappa shape index (κ3) is 4.86. The maximum atomic E-state index is 12.1. The first-order valence-corrected chi connectivity index (χ1v) is 7.43. The molecule has 5 heteroatoms. The molecule has 0 aromatic heterocycles. The van der Waals surface area contributed by atoms with Gasteiger partial charge in [0.25, 0.3) is 0 Å². The van der Waals surface area contributed by atoms with Gasteiger partial charge in [-0.05, 0) is 31.5 Å². The lowest BCUT2D eigenvalue weighted by atomic mass is 9.96. The summed E-state index contributed by atoms with van der Waals surface area (Å²) in [5.74, 6) is 0.218. The number of amides is 2. The molecule has 114 valence electrons. The quantitative estimate of drug-likeness (QED) is 0.841. The third-order valence-corrected chi connectivity index (χ3v) is 3.91. The van der Waals surface area contributed by atoms with E-state index in [9.17, 15) is 9.59 Å². The lowest BCUT2D eigenvalue weighted by molar-refractivity contribution is -0.127. The van der Waals surface area contributed by atoms with Crippen LogP contribution in [-0.2, 0) is 16.1 Å². The van der Waals surface area contributed by atoms with E-state index >= 15 is 0 Å². The molecule has 21 heavy (non-hydrogen) atoms. The second-order valence-corrected chi connectivity index (χ2v) is 5.43. The Hall–Kier alpha value is -1.88. The SMILES string of the molecule is CNC(=O)CN1CCC(C(=O)NCc2ccccc2)CC1. The monoisotopic (exact) mass is 289 g/mol. The molecule has 0 saturated carbocycles. The van der Waals surface area contributed by atoms with E-state index in [0.717, 1.165) is 31.5 Å². The van der Waals surface area contributed by atoms with Crippen molar-refractivity contribution in [1.29, 1.82) is 0 Å². The Morgan fingerprint density at radius 3 is 2.48 bits per heavy atom. The number of carbonyl (C=O) groups excluding carboxylic acids is 2. The van der Waals surface area contributed by atoms with Gasteiger partial charge >= 0.3 is 0 Å². The van der Waals surface area contributed by atoms with Gasteiger partial charge in [-0.25, -0.2) is 0 Å². The Morgan fingerprint density at radius 1 is 1.19 bits per heavy atom. The summed E-state index contributed by atoms with van der Waals surface area (Å²) in [6.07, 6.45) is 1.63. The van der Waals surface area contributed by atoms with Crippen molar-refractivity contribution >= 4 is 11.8 Å². The highest BCUT2D eigenvalue weighted by atomic mass is 16.2. The van der Waals surface area contributed by atoms with Gasteiger partial charge < -0.3 is 10.6 Å². The van der Waals surface area contributed by atoms with E-state index in [1.807, 2.05) is 30.3 Å². The number of carbonyl (C=O) groups is 2. The summed E-state index contributed by atoms with van der Waals surface area (Å²) in [5, 5.41) is 5.62. The lowest BCUT2D eigenvalue weighted by Crippen LogP contribution is -2.43. The second kappa shape index (κ2) is 7.78. The van der Waals surface area contributed by atoms with E-state index in [4.69, 9.17) is 0 Å². The smallest absolute Gasteiger partial charge is 0.233 e. The van der Waals surface area contributed by atoms with Crippen LogP contribution in [0.4, 0.5) is 0 Å². The van der Waals surface area contributed by atoms with Crippen molar-refractivity contribution in [2.45, 2.75) is 19.4 Å². The van der Waals surface area contributed by atoms with Gasteiger partial charge in [0, 0.05) is 19.5 Å². The topological polar surface area (TPSA) is 61.4 Å². The minimum atomic E-state index is 0.0296. The van der Waals surface area contributed by atoms with Gasteiger partial charge in [-0.15, -0.1) is 0 Å². The van der Waals surface area contributed by atoms with Crippen molar-refractivity contribution in [2.24, 2.45) is 5.92 Å². The summed E-state index contributed by atoms with van der Waals surface area (Å²) < 4.78 is 0. The first-order chi connectivity index (χ1) is 10.2. The average Bonchev–Trinajstić information content (AvgIpc) is 2.54. The van der Waals surface area contributed by atoms with Gasteiger partial charge in [0.2, 0.25) is 11.8 Å². The van der Waals surface area contributed by atoms with E-state index in [2.05, 4.69) is 15.5 Å². The molecule has 0 radical (unpaired) electrons. The molecule has 1 aromatic carbocycles. The number of piperidine rings is 1. The zero-order valence-corrected chi connectivity index (χ0v) is 12.5. The molecule has 2 amide bonds. The molecule has 1 aromatic rings. The Bertz CT molecular complexity index is 468. The van der Waals surface area contributed by atoms with Gasteiger partial charge in [0.05, 0.1) is 6.54 Å². The van der Waals surface area contributed by atoms with Crippen molar-refractivity contribution in [3.63, 3.8) is 0 Å². The summed E-state index contributed by atoms with van der Waals surface area (Å²) >= 11 is 0. The van der Waals surface area contributed by atoms with E-state index in [1.54, 1.807) is 7.05 Å². The summed E-state index contributed by atoms with van der Waals surface area (Å²) in [6, 6.07) is 9.92. The van der Waals surface area contributed by atoms with Crippen molar-refractivity contribution in [1.82, 2.24) is 15.5 Å². The van der Waals surface area contributed by atoms with Crippen LogP contribution in [0.1, 0.15) is 18.4 Å². The molecule has 0 atom stereocenters. The molecule has 0 spiro atoms. The normalized spacial score (nSPS) is 16.4. The minimum absolute atomic E-state index is 0.0296. The van der Waals surface area contributed by atoms with Crippen LogP contribution in [0.2, 0.25) is 0 Å². The van der Waals surface area contributed by atoms with Crippen LogP contribution in [-0.4, -0.2) is 43.4 Å². The average molecular weight is 289 g/mol. The summed E-state index contributed by atoms with van der Waals surface area (Å²) in [5.41, 5.74) is 1.11. The first kappa shape index (κ1) is 15.5. The van der Waals surface area contributed by atoms with Crippen LogP contribution in [0.3, 0.4) is 0 Å². The number of hydrogen-bond acceptors (Lipinski definition) is 3. The molecule has 0 unspecified atom stereocenters. The number of likely N-dealkylation sites (N-methyl/N-ethyl adjacent to an activating group) is 1. The van der Waals surface area contributed by atoms with Crippen molar-refractivity contribution in [3.8, 4) is 0 Å². The zero-order valence-electron chi connectivity index (χ0n) is 12.5. The standard InChI is InChI=1S/C16H23N3O2/c1-17-15(20)12-19-9-7-14(8-10-19)16(21)18-11-13-5-3-2-4-6-13/h2-6,14H,7-12H2,1H3,(H,17,20)(H,18,21). The Morgan fingerprint density at radius 2 is 1.86 bits per heavy atom. The van der Waals surface area contributed by atoms with Gasteiger partial charge in [-0.1, -0.05) is 30.3 Å². The zero-order chi connectivity index (χ0) is 15.1. The molecule has 5 nitrogen and oxygen atoms in total. The van der Waals surface area contributed by atoms with Gasteiger partial charge in [0.15, 0.2) is 0 Å². The third-order valence-electron chi connectivity index (χ3n) is 3.91. The largest absolute Gasteiger partial charge is 0.358 e. The number of nitrogens with one attached hydrogen (secondary N) is 2. The number of hydrogen-bond donors (Lipinski definition) is 2.